The van der Waals surface area contributed by atoms with Gasteiger partial charge in [0.15, 0.2) is 0 Å². The number of amides is 1. The van der Waals surface area contributed by atoms with Crippen LogP contribution in [0.15, 0.2) is 60.2 Å². The minimum atomic E-state index is -4.55. The number of nitrogens with zero attached hydrogens (tertiary/aromatic N) is 2. The van der Waals surface area contributed by atoms with E-state index < -0.39 is 23.5 Å². The Bertz CT molecular complexity index is 1220. The summed E-state index contributed by atoms with van der Waals surface area (Å²) in [5.41, 5.74) is 1.29. The normalized spacial score (nSPS) is 11.8. The standard InChI is InChI=1S/C23H17F4N3O/c1-14-9-16(15(2)30(14)21-8-4-6-19(24)12-21)10-17(13-28)22(31)29-20-7-3-5-18(11-20)23(25,26)27/h3-12H,1-2H3,(H,29,31)/b17-10-. The molecule has 0 aliphatic rings. The molecule has 31 heavy (non-hydrogen) atoms. The predicted octanol–water partition coefficient (Wildman–Crippen LogP) is 5.80. The van der Waals surface area contributed by atoms with Crippen molar-refractivity contribution in [1.82, 2.24) is 4.57 Å². The summed E-state index contributed by atoms with van der Waals surface area (Å²) >= 11 is 0. The van der Waals surface area contributed by atoms with E-state index in [1.165, 1.54) is 30.3 Å². The highest BCUT2D eigenvalue weighted by atomic mass is 19.4. The van der Waals surface area contributed by atoms with Crippen LogP contribution in [0.2, 0.25) is 0 Å². The van der Waals surface area contributed by atoms with Gasteiger partial charge in [-0.3, -0.25) is 4.79 Å². The van der Waals surface area contributed by atoms with E-state index in [1.54, 1.807) is 42.7 Å². The van der Waals surface area contributed by atoms with Crippen LogP contribution in [0.4, 0.5) is 23.2 Å². The van der Waals surface area contributed by atoms with E-state index in [4.69, 9.17) is 0 Å². The Labute approximate surface area is 176 Å². The third kappa shape index (κ3) is 4.83. The summed E-state index contributed by atoms with van der Waals surface area (Å²) in [4.78, 5) is 12.5. The smallest absolute Gasteiger partial charge is 0.321 e. The van der Waals surface area contributed by atoms with Gasteiger partial charge in [0.25, 0.3) is 5.91 Å². The molecular formula is C23H17F4N3O. The predicted molar refractivity (Wildman–Crippen MR) is 109 cm³/mol. The molecule has 0 atom stereocenters. The number of hydrogen-bond donors (Lipinski definition) is 1. The summed E-state index contributed by atoms with van der Waals surface area (Å²) in [6.45, 7) is 3.55. The Morgan fingerprint density at radius 1 is 1.10 bits per heavy atom. The molecule has 0 spiro atoms. The van der Waals surface area contributed by atoms with Gasteiger partial charge in [0.1, 0.15) is 17.5 Å². The van der Waals surface area contributed by atoms with Crippen molar-refractivity contribution < 1.29 is 22.4 Å². The van der Waals surface area contributed by atoms with Crippen molar-refractivity contribution in [2.45, 2.75) is 20.0 Å². The molecule has 1 amide bonds. The Morgan fingerprint density at radius 3 is 2.45 bits per heavy atom. The summed E-state index contributed by atoms with van der Waals surface area (Å²) in [6, 6.07) is 13.6. The number of nitriles is 1. The van der Waals surface area contributed by atoms with Crippen molar-refractivity contribution >= 4 is 17.7 Å². The Balaban J connectivity index is 1.91. The van der Waals surface area contributed by atoms with Gasteiger partial charge in [0, 0.05) is 22.8 Å². The lowest BCUT2D eigenvalue weighted by Crippen LogP contribution is -2.14. The highest BCUT2D eigenvalue weighted by molar-refractivity contribution is 6.09. The summed E-state index contributed by atoms with van der Waals surface area (Å²) in [6.07, 6.45) is -3.20. The quantitative estimate of drug-likeness (QED) is 0.325. The number of rotatable bonds is 4. The number of aromatic nitrogens is 1. The van der Waals surface area contributed by atoms with Gasteiger partial charge in [0.05, 0.1) is 5.56 Å². The molecule has 0 unspecified atom stereocenters. The Kier molecular flexibility index (Phi) is 5.97. The van der Waals surface area contributed by atoms with Gasteiger partial charge in [-0.2, -0.15) is 18.4 Å². The molecule has 2 aromatic carbocycles. The number of alkyl halides is 3. The van der Waals surface area contributed by atoms with Gasteiger partial charge in [-0.1, -0.05) is 12.1 Å². The van der Waals surface area contributed by atoms with Crippen LogP contribution < -0.4 is 5.32 Å². The average molecular weight is 427 g/mol. The van der Waals surface area contributed by atoms with Crippen LogP contribution in [0, 0.1) is 31.0 Å². The zero-order valence-electron chi connectivity index (χ0n) is 16.6. The summed E-state index contributed by atoms with van der Waals surface area (Å²) < 4.78 is 54.0. The maximum absolute atomic E-state index is 13.6. The van der Waals surface area contributed by atoms with E-state index in [0.29, 0.717) is 16.9 Å². The van der Waals surface area contributed by atoms with Crippen molar-refractivity contribution in [3.63, 3.8) is 0 Å². The first kappa shape index (κ1) is 21.8. The van der Waals surface area contributed by atoms with Crippen molar-refractivity contribution in [2.75, 3.05) is 5.32 Å². The second-order valence-electron chi connectivity index (χ2n) is 6.84. The molecule has 8 heteroatoms. The lowest BCUT2D eigenvalue weighted by atomic mass is 10.1. The first-order valence-electron chi connectivity index (χ1n) is 9.15. The average Bonchev–Trinajstić information content (AvgIpc) is 2.98. The van der Waals surface area contributed by atoms with Crippen LogP contribution in [0.25, 0.3) is 11.8 Å². The maximum Gasteiger partial charge on any atom is 0.416 e. The maximum atomic E-state index is 13.6. The first-order valence-corrected chi connectivity index (χ1v) is 9.15. The van der Waals surface area contributed by atoms with Gasteiger partial charge >= 0.3 is 6.18 Å². The van der Waals surface area contributed by atoms with Gasteiger partial charge in [0.2, 0.25) is 0 Å². The zero-order valence-corrected chi connectivity index (χ0v) is 16.6. The summed E-state index contributed by atoms with van der Waals surface area (Å²) in [5.74, 6) is -1.24. The molecule has 0 fully saturated rings. The second kappa shape index (κ2) is 8.48. The van der Waals surface area contributed by atoms with Gasteiger partial charge < -0.3 is 9.88 Å². The fraction of sp³-hybridized carbons (Fsp3) is 0.130. The highest BCUT2D eigenvalue weighted by Crippen LogP contribution is 2.31. The molecular weight excluding hydrogens is 410 g/mol. The van der Waals surface area contributed by atoms with Crippen LogP contribution >= 0.6 is 0 Å². The van der Waals surface area contributed by atoms with E-state index in [2.05, 4.69) is 5.32 Å². The lowest BCUT2D eigenvalue weighted by Gasteiger charge is -2.10. The van der Waals surface area contributed by atoms with Gasteiger partial charge in [-0.25, -0.2) is 4.39 Å². The monoisotopic (exact) mass is 427 g/mol. The summed E-state index contributed by atoms with van der Waals surface area (Å²) in [7, 11) is 0. The topological polar surface area (TPSA) is 57.8 Å². The van der Waals surface area contributed by atoms with Crippen molar-refractivity contribution in [3.8, 4) is 11.8 Å². The third-order valence-electron chi connectivity index (χ3n) is 4.65. The minimum absolute atomic E-state index is 0.0776. The number of hydrogen-bond acceptors (Lipinski definition) is 2. The molecule has 0 bridgehead atoms. The molecule has 158 valence electrons. The number of benzene rings is 2. The number of anilines is 1. The molecule has 0 saturated heterocycles. The van der Waals surface area contributed by atoms with E-state index in [-0.39, 0.29) is 11.3 Å². The summed E-state index contributed by atoms with van der Waals surface area (Å²) in [5, 5.41) is 11.7. The molecule has 1 aromatic heterocycles. The second-order valence-corrected chi connectivity index (χ2v) is 6.84. The molecule has 4 nitrogen and oxygen atoms in total. The molecule has 0 aliphatic carbocycles. The molecule has 1 heterocycles. The molecule has 0 radical (unpaired) electrons. The molecule has 1 N–H and O–H groups in total. The van der Waals surface area contributed by atoms with Crippen LogP contribution in [0.3, 0.4) is 0 Å². The SMILES string of the molecule is Cc1cc(/C=C(/C#N)C(=O)Nc2cccc(C(F)(F)F)c2)c(C)n1-c1cccc(F)c1. The van der Waals surface area contributed by atoms with Crippen LogP contribution in [-0.2, 0) is 11.0 Å². The lowest BCUT2D eigenvalue weighted by molar-refractivity contribution is -0.137. The number of carbonyl (C=O) groups is 1. The third-order valence-corrected chi connectivity index (χ3v) is 4.65. The van der Waals surface area contributed by atoms with Crippen molar-refractivity contribution in [3.05, 3.63) is 88.5 Å². The Morgan fingerprint density at radius 2 is 1.81 bits per heavy atom. The largest absolute Gasteiger partial charge is 0.416 e. The number of carbonyl (C=O) groups excluding carboxylic acids is 1. The molecule has 3 rings (SSSR count). The van der Waals surface area contributed by atoms with Crippen LogP contribution in [-0.4, -0.2) is 10.5 Å². The van der Waals surface area contributed by atoms with Crippen molar-refractivity contribution in [1.29, 1.82) is 5.26 Å². The van der Waals surface area contributed by atoms with E-state index >= 15 is 0 Å². The van der Waals surface area contributed by atoms with Crippen molar-refractivity contribution in [2.24, 2.45) is 0 Å². The minimum Gasteiger partial charge on any atom is -0.321 e. The van der Waals surface area contributed by atoms with E-state index in [9.17, 15) is 27.6 Å². The molecule has 0 saturated carbocycles. The van der Waals surface area contributed by atoms with Gasteiger partial charge in [-0.05, 0) is 68.0 Å². The fourth-order valence-corrected chi connectivity index (χ4v) is 3.22. The van der Waals surface area contributed by atoms with Crippen LogP contribution in [0.5, 0.6) is 0 Å². The van der Waals surface area contributed by atoms with Crippen LogP contribution in [0.1, 0.15) is 22.5 Å². The number of nitrogens with one attached hydrogen (secondary N) is 1. The first-order chi connectivity index (χ1) is 14.6. The number of aryl methyl sites for hydroxylation is 1. The Hall–Kier alpha value is -3.86. The van der Waals surface area contributed by atoms with E-state index in [1.807, 2.05) is 0 Å². The van der Waals surface area contributed by atoms with E-state index in [0.717, 1.165) is 17.8 Å². The fourth-order valence-electron chi connectivity index (χ4n) is 3.22. The highest BCUT2D eigenvalue weighted by Gasteiger charge is 2.30. The van der Waals surface area contributed by atoms with Gasteiger partial charge in [-0.15, -0.1) is 0 Å². The number of halogens is 4. The molecule has 3 aromatic rings. The zero-order chi connectivity index (χ0) is 22.8. The molecule has 0 aliphatic heterocycles.